The predicted molar refractivity (Wildman–Crippen MR) is 118 cm³/mol. The van der Waals surface area contributed by atoms with Crippen LogP contribution in [0.4, 0.5) is 5.69 Å². The molecule has 30 heavy (non-hydrogen) atoms. The predicted octanol–water partition coefficient (Wildman–Crippen LogP) is 3.49. The first kappa shape index (κ1) is 21.4. The molecule has 0 heterocycles. The lowest BCUT2D eigenvalue weighted by Crippen LogP contribution is -2.28. The normalized spacial score (nSPS) is 11.0. The van der Waals surface area contributed by atoms with E-state index in [-0.39, 0.29) is 10.8 Å². The van der Waals surface area contributed by atoms with Gasteiger partial charge in [0.05, 0.1) is 17.7 Å². The number of hydrogen-bond donors (Lipinski definition) is 1. The number of ether oxygens (including phenoxy) is 1. The van der Waals surface area contributed by atoms with Crippen molar-refractivity contribution in [2.45, 2.75) is 11.3 Å². The molecule has 0 atom stereocenters. The smallest absolute Gasteiger partial charge is 0.264 e. The van der Waals surface area contributed by atoms with E-state index in [4.69, 9.17) is 4.74 Å². The maximum atomic E-state index is 12.9. The zero-order chi connectivity index (χ0) is 21.6. The van der Waals surface area contributed by atoms with Crippen LogP contribution in [0.15, 0.2) is 83.8 Å². The summed E-state index contributed by atoms with van der Waals surface area (Å²) < 4.78 is 32.2. The van der Waals surface area contributed by atoms with Gasteiger partial charge in [-0.15, -0.1) is 0 Å². The molecule has 1 amide bonds. The molecule has 1 N–H and O–H groups in total. The van der Waals surface area contributed by atoms with Crippen LogP contribution in [-0.4, -0.2) is 35.0 Å². The second kappa shape index (κ2) is 9.45. The highest BCUT2D eigenvalue weighted by atomic mass is 32.2. The first-order valence-corrected chi connectivity index (χ1v) is 10.9. The minimum absolute atomic E-state index is 0.0663. The first-order chi connectivity index (χ1) is 14.4. The third-order valence-corrected chi connectivity index (χ3v) is 6.51. The average molecular weight is 425 g/mol. The first-order valence-electron chi connectivity index (χ1n) is 9.47. The summed E-state index contributed by atoms with van der Waals surface area (Å²) in [4.78, 5) is 12.6. The number of rotatable bonds is 8. The fourth-order valence-corrected chi connectivity index (χ4v) is 4.19. The van der Waals surface area contributed by atoms with Crippen molar-refractivity contribution in [1.29, 1.82) is 0 Å². The second-order valence-corrected chi connectivity index (χ2v) is 8.66. The molecular formula is C23H24N2O4S. The summed E-state index contributed by atoms with van der Waals surface area (Å²) in [6.45, 7) is 0.437. The number of sulfonamides is 1. The van der Waals surface area contributed by atoms with Crippen molar-refractivity contribution in [3.63, 3.8) is 0 Å². The van der Waals surface area contributed by atoms with Crippen LogP contribution >= 0.6 is 0 Å². The van der Waals surface area contributed by atoms with Gasteiger partial charge in [-0.05, 0) is 54.4 Å². The molecule has 0 bridgehead atoms. The van der Waals surface area contributed by atoms with Crippen LogP contribution in [0.3, 0.4) is 0 Å². The van der Waals surface area contributed by atoms with Crippen molar-refractivity contribution >= 4 is 21.6 Å². The number of para-hydroxylation sites is 1. The third kappa shape index (κ3) is 4.99. The molecule has 156 valence electrons. The van der Waals surface area contributed by atoms with Gasteiger partial charge in [0, 0.05) is 19.2 Å². The average Bonchev–Trinajstić information content (AvgIpc) is 2.79. The summed E-state index contributed by atoms with van der Waals surface area (Å²) in [5, 5.41) is 2.84. The van der Waals surface area contributed by atoms with E-state index in [1.165, 1.54) is 23.5 Å². The topological polar surface area (TPSA) is 75.7 Å². The summed E-state index contributed by atoms with van der Waals surface area (Å²) in [6, 6.07) is 22.5. The summed E-state index contributed by atoms with van der Waals surface area (Å²) in [5.41, 5.74) is 1.91. The largest absolute Gasteiger partial charge is 0.497 e. The molecule has 0 aliphatic rings. The zero-order valence-electron chi connectivity index (χ0n) is 16.9. The van der Waals surface area contributed by atoms with E-state index >= 15 is 0 Å². The van der Waals surface area contributed by atoms with E-state index in [0.29, 0.717) is 24.2 Å². The zero-order valence-corrected chi connectivity index (χ0v) is 17.7. The monoisotopic (exact) mass is 424 g/mol. The number of carbonyl (C=O) groups is 1. The van der Waals surface area contributed by atoms with E-state index in [9.17, 15) is 13.2 Å². The molecule has 3 aromatic carbocycles. The van der Waals surface area contributed by atoms with Crippen molar-refractivity contribution in [1.82, 2.24) is 5.32 Å². The second-order valence-electron chi connectivity index (χ2n) is 6.69. The number of nitrogens with zero attached hydrogens (tertiary/aromatic N) is 1. The highest BCUT2D eigenvalue weighted by Crippen LogP contribution is 2.22. The van der Waals surface area contributed by atoms with E-state index in [2.05, 4.69) is 5.32 Å². The van der Waals surface area contributed by atoms with Crippen LogP contribution in [0.2, 0.25) is 0 Å². The Morgan fingerprint density at radius 1 is 0.967 bits per heavy atom. The van der Waals surface area contributed by atoms with Crippen LogP contribution in [0, 0.1) is 0 Å². The number of nitrogens with one attached hydrogen (secondary N) is 1. The van der Waals surface area contributed by atoms with E-state index < -0.39 is 10.0 Å². The fourth-order valence-electron chi connectivity index (χ4n) is 2.95. The van der Waals surface area contributed by atoms with Crippen LogP contribution in [-0.2, 0) is 16.4 Å². The fraction of sp³-hybridized carbons (Fsp3) is 0.174. The van der Waals surface area contributed by atoms with Crippen molar-refractivity contribution in [3.8, 4) is 5.75 Å². The Morgan fingerprint density at radius 3 is 2.33 bits per heavy atom. The molecule has 0 fully saturated rings. The molecule has 0 aromatic heterocycles. The quantitative estimate of drug-likeness (QED) is 0.601. The van der Waals surface area contributed by atoms with Gasteiger partial charge >= 0.3 is 0 Å². The highest BCUT2D eigenvalue weighted by Gasteiger charge is 2.22. The number of amides is 1. The van der Waals surface area contributed by atoms with Crippen molar-refractivity contribution < 1.29 is 17.9 Å². The van der Waals surface area contributed by atoms with E-state index in [1.807, 2.05) is 30.3 Å². The molecule has 7 heteroatoms. The van der Waals surface area contributed by atoms with Gasteiger partial charge in [-0.3, -0.25) is 9.10 Å². The van der Waals surface area contributed by atoms with Gasteiger partial charge in [0.2, 0.25) is 0 Å². The lowest BCUT2D eigenvalue weighted by Gasteiger charge is -2.19. The van der Waals surface area contributed by atoms with E-state index in [1.54, 1.807) is 43.5 Å². The Bertz CT molecular complexity index is 1100. The van der Waals surface area contributed by atoms with Gasteiger partial charge in [-0.2, -0.15) is 0 Å². The number of methoxy groups -OCH3 is 1. The SMILES string of the molecule is COc1ccc(CCNC(=O)c2cccc(S(=O)(=O)N(C)c3ccccc3)c2)cc1. The van der Waals surface area contributed by atoms with Crippen LogP contribution in [0.1, 0.15) is 15.9 Å². The summed E-state index contributed by atoms with van der Waals surface area (Å²) in [5.74, 6) is 0.462. The molecule has 0 saturated heterocycles. The molecule has 0 saturated carbocycles. The van der Waals surface area contributed by atoms with E-state index in [0.717, 1.165) is 11.3 Å². The van der Waals surface area contributed by atoms with Gasteiger partial charge in [0.1, 0.15) is 5.75 Å². The third-order valence-electron chi connectivity index (χ3n) is 4.73. The van der Waals surface area contributed by atoms with Crippen molar-refractivity contribution in [2.75, 3.05) is 25.0 Å². The van der Waals surface area contributed by atoms with Crippen molar-refractivity contribution in [2.24, 2.45) is 0 Å². The Labute approximate surface area is 177 Å². The Balaban J connectivity index is 1.67. The molecule has 0 aliphatic heterocycles. The molecule has 0 unspecified atom stereocenters. The number of hydrogen-bond acceptors (Lipinski definition) is 4. The molecule has 6 nitrogen and oxygen atoms in total. The minimum Gasteiger partial charge on any atom is -0.497 e. The Hall–Kier alpha value is -3.32. The number of carbonyl (C=O) groups excluding carboxylic acids is 1. The van der Waals surface area contributed by atoms with Crippen LogP contribution in [0.5, 0.6) is 5.75 Å². The molecule has 0 radical (unpaired) electrons. The minimum atomic E-state index is -3.78. The van der Waals surface area contributed by atoms with Crippen molar-refractivity contribution in [3.05, 3.63) is 90.0 Å². The highest BCUT2D eigenvalue weighted by molar-refractivity contribution is 7.92. The number of benzene rings is 3. The molecule has 0 spiro atoms. The lowest BCUT2D eigenvalue weighted by molar-refractivity contribution is 0.0954. The molecule has 0 aliphatic carbocycles. The Kier molecular flexibility index (Phi) is 6.74. The summed E-state index contributed by atoms with van der Waals surface area (Å²) >= 11 is 0. The standard InChI is InChI=1S/C23H24N2O4S/c1-25(20-8-4-3-5-9-20)30(27,28)22-10-6-7-19(17-22)23(26)24-16-15-18-11-13-21(29-2)14-12-18/h3-14,17H,15-16H2,1-2H3,(H,24,26). The molecule has 3 rings (SSSR count). The lowest BCUT2D eigenvalue weighted by atomic mass is 10.1. The van der Waals surface area contributed by atoms with Gasteiger partial charge in [0.15, 0.2) is 0 Å². The van der Waals surface area contributed by atoms with Gasteiger partial charge in [0.25, 0.3) is 15.9 Å². The summed E-state index contributed by atoms with van der Waals surface area (Å²) in [7, 11) is -0.672. The maximum Gasteiger partial charge on any atom is 0.264 e. The maximum absolute atomic E-state index is 12.9. The van der Waals surface area contributed by atoms with Gasteiger partial charge in [-0.1, -0.05) is 36.4 Å². The van der Waals surface area contributed by atoms with Crippen LogP contribution in [0.25, 0.3) is 0 Å². The van der Waals surface area contributed by atoms with Crippen LogP contribution < -0.4 is 14.4 Å². The molecule has 3 aromatic rings. The Morgan fingerprint density at radius 2 is 1.67 bits per heavy atom. The number of anilines is 1. The van der Waals surface area contributed by atoms with Gasteiger partial charge < -0.3 is 10.1 Å². The molecular weight excluding hydrogens is 400 g/mol. The summed E-state index contributed by atoms with van der Waals surface area (Å²) in [6.07, 6.45) is 0.657. The van der Waals surface area contributed by atoms with Gasteiger partial charge in [-0.25, -0.2) is 8.42 Å².